The molecule has 3 aromatic heterocycles. The summed E-state index contributed by atoms with van der Waals surface area (Å²) < 4.78 is 6.92. The molecule has 1 aliphatic rings. The molecule has 0 atom stereocenters. The molecular formula is C16H18N6O2. The van der Waals surface area contributed by atoms with Crippen LogP contribution < -0.4 is 5.32 Å². The van der Waals surface area contributed by atoms with Gasteiger partial charge in [-0.25, -0.2) is 9.97 Å². The number of aryl methyl sites for hydroxylation is 1. The van der Waals surface area contributed by atoms with Gasteiger partial charge in [-0.1, -0.05) is 0 Å². The summed E-state index contributed by atoms with van der Waals surface area (Å²) in [7, 11) is 1.86. The number of piperidine rings is 1. The summed E-state index contributed by atoms with van der Waals surface area (Å²) in [6.07, 6.45) is 6.56. The van der Waals surface area contributed by atoms with E-state index in [1.807, 2.05) is 11.9 Å². The fourth-order valence-corrected chi connectivity index (χ4v) is 3.05. The van der Waals surface area contributed by atoms with Gasteiger partial charge < -0.3 is 14.6 Å². The highest BCUT2D eigenvalue weighted by Crippen LogP contribution is 2.22. The number of hydrogen-bond acceptors (Lipinski definition) is 6. The number of nitrogens with zero attached hydrogens (tertiary/aromatic N) is 5. The first-order valence-corrected chi connectivity index (χ1v) is 7.94. The second kappa shape index (κ2) is 5.95. The molecule has 8 heteroatoms. The summed E-state index contributed by atoms with van der Waals surface area (Å²) in [6, 6.07) is 3.70. The molecule has 0 bridgehead atoms. The Morgan fingerprint density at radius 3 is 2.92 bits per heavy atom. The first-order valence-electron chi connectivity index (χ1n) is 7.94. The fourth-order valence-electron chi connectivity index (χ4n) is 3.05. The summed E-state index contributed by atoms with van der Waals surface area (Å²) in [6.45, 7) is 1.39. The highest BCUT2D eigenvalue weighted by Gasteiger charge is 2.25. The lowest BCUT2D eigenvalue weighted by Gasteiger charge is -2.32. The third-order valence-corrected chi connectivity index (χ3v) is 4.38. The van der Waals surface area contributed by atoms with Gasteiger partial charge in [0.15, 0.2) is 11.4 Å². The van der Waals surface area contributed by atoms with E-state index in [4.69, 9.17) is 4.42 Å². The number of fused-ring (bicyclic) bond motifs is 1. The molecule has 1 fully saturated rings. The molecule has 4 rings (SSSR count). The molecule has 0 saturated carbocycles. The van der Waals surface area contributed by atoms with E-state index >= 15 is 0 Å². The van der Waals surface area contributed by atoms with Crippen molar-refractivity contribution >= 4 is 22.8 Å². The highest BCUT2D eigenvalue weighted by atomic mass is 16.3. The van der Waals surface area contributed by atoms with E-state index in [2.05, 4.69) is 20.4 Å². The molecule has 0 radical (unpaired) electrons. The Kier molecular flexibility index (Phi) is 3.64. The van der Waals surface area contributed by atoms with E-state index in [0.29, 0.717) is 18.8 Å². The van der Waals surface area contributed by atoms with Gasteiger partial charge in [-0.15, -0.1) is 0 Å². The molecule has 1 amide bonds. The van der Waals surface area contributed by atoms with Gasteiger partial charge in [0, 0.05) is 26.2 Å². The van der Waals surface area contributed by atoms with Crippen LogP contribution in [0, 0.1) is 0 Å². The predicted molar refractivity (Wildman–Crippen MR) is 87.6 cm³/mol. The van der Waals surface area contributed by atoms with E-state index in [9.17, 15) is 4.79 Å². The Labute approximate surface area is 138 Å². The van der Waals surface area contributed by atoms with Gasteiger partial charge in [0.1, 0.15) is 12.1 Å². The minimum atomic E-state index is -0.0462. The molecule has 1 aliphatic heterocycles. The molecular weight excluding hydrogens is 308 g/mol. The molecule has 4 heterocycles. The Morgan fingerprint density at radius 1 is 1.33 bits per heavy atom. The zero-order chi connectivity index (χ0) is 16.5. The molecule has 0 unspecified atom stereocenters. The van der Waals surface area contributed by atoms with E-state index in [-0.39, 0.29) is 11.9 Å². The number of amides is 1. The molecule has 0 aromatic carbocycles. The van der Waals surface area contributed by atoms with Gasteiger partial charge in [0.05, 0.1) is 17.8 Å². The zero-order valence-electron chi connectivity index (χ0n) is 13.3. The average Bonchev–Trinajstić information content (AvgIpc) is 3.26. The Bertz CT molecular complexity index is 849. The van der Waals surface area contributed by atoms with Crippen molar-refractivity contribution in [3.63, 3.8) is 0 Å². The Hall–Kier alpha value is -2.90. The molecule has 0 aliphatic carbocycles. The smallest absolute Gasteiger partial charge is 0.289 e. The maximum absolute atomic E-state index is 12.3. The van der Waals surface area contributed by atoms with Crippen LogP contribution >= 0.6 is 0 Å². The number of carbonyl (C=O) groups excluding carboxylic acids is 1. The lowest BCUT2D eigenvalue weighted by atomic mass is 10.0. The van der Waals surface area contributed by atoms with Crippen LogP contribution in [0.25, 0.3) is 11.0 Å². The minimum absolute atomic E-state index is 0.0462. The molecule has 24 heavy (non-hydrogen) atoms. The van der Waals surface area contributed by atoms with Crippen LogP contribution in [0.15, 0.2) is 35.3 Å². The maximum Gasteiger partial charge on any atom is 0.289 e. The SMILES string of the molecule is Cn1ncc2c(NC3CCN(C(=O)c4ccco4)CC3)ncnc21. The number of anilines is 1. The molecule has 3 aromatic rings. The van der Waals surface area contributed by atoms with Crippen LogP contribution in [-0.2, 0) is 7.05 Å². The molecule has 1 N–H and O–H groups in total. The number of rotatable bonds is 3. The lowest BCUT2D eigenvalue weighted by Crippen LogP contribution is -2.42. The summed E-state index contributed by atoms with van der Waals surface area (Å²) in [5.41, 5.74) is 0.804. The van der Waals surface area contributed by atoms with Gasteiger partial charge >= 0.3 is 0 Å². The lowest BCUT2D eigenvalue weighted by molar-refractivity contribution is 0.0686. The maximum atomic E-state index is 12.3. The Morgan fingerprint density at radius 2 is 2.17 bits per heavy atom. The standard InChI is InChI=1S/C16H18N6O2/c1-21-15-12(9-19-21)14(17-10-18-15)20-11-4-6-22(7-5-11)16(23)13-3-2-8-24-13/h2-3,8-11H,4-7H2,1H3,(H,17,18,20). The van der Waals surface area contributed by atoms with Gasteiger partial charge in [-0.05, 0) is 25.0 Å². The number of likely N-dealkylation sites (tertiary alicyclic amines) is 1. The average molecular weight is 326 g/mol. The van der Waals surface area contributed by atoms with E-state index < -0.39 is 0 Å². The monoisotopic (exact) mass is 326 g/mol. The van der Waals surface area contributed by atoms with E-state index in [1.165, 1.54) is 6.26 Å². The predicted octanol–water partition coefficient (Wildman–Crippen LogP) is 1.67. The number of furan rings is 1. The second-order valence-electron chi connectivity index (χ2n) is 5.92. The normalized spacial score (nSPS) is 15.8. The first-order chi connectivity index (χ1) is 11.7. The number of hydrogen-bond donors (Lipinski definition) is 1. The summed E-state index contributed by atoms with van der Waals surface area (Å²) >= 11 is 0. The summed E-state index contributed by atoms with van der Waals surface area (Å²) in [4.78, 5) is 22.7. The summed E-state index contributed by atoms with van der Waals surface area (Å²) in [5.74, 6) is 1.15. The molecule has 8 nitrogen and oxygen atoms in total. The number of carbonyl (C=O) groups is 1. The van der Waals surface area contributed by atoms with E-state index in [1.54, 1.807) is 29.3 Å². The van der Waals surface area contributed by atoms with Crippen LogP contribution in [0.2, 0.25) is 0 Å². The van der Waals surface area contributed by atoms with Crippen LogP contribution in [0.5, 0.6) is 0 Å². The zero-order valence-corrected chi connectivity index (χ0v) is 13.3. The van der Waals surface area contributed by atoms with Crippen molar-refractivity contribution in [1.82, 2.24) is 24.6 Å². The van der Waals surface area contributed by atoms with Crippen molar-refractivity contribution in [3.8, 4) is 0 Å². The fraction of sp³-hybridized carbons (Fsp3) is 0.375. The second-order valence-corrected chi connectivity index (χ2v) is 5.92. The van der Waals surface area contributed by atoms with Crippen molar-refractivity contribution in [3.05, 3.63) is 36.7 Å². The van der Waals surface area contributed by atoms with Gasteiger partial charge in [0.2, 0.25) is 0 Å². The highest BCUT2D eigenvalue weighted by molar-refractivity contribution is 5.91. The number of aromatic nitrogens is 4. The molecule has 0 spiro atoms. The van der Waals surface area contributed by atoms with Gasteiger partial charge in [0.25, 0.3) is 5.91 Å². The van der Waals surface area contributed by atoms with Crippen molar-refractivity contribution < 1.29 is 9.21 Å². The quantitative estimate of drug-likeness (QED) is 0.787. The van der Waals surface area contributed by atoms with Gasteiger partial charge in [-0.3, -0.25) is 9.48 Å². The van der Waals surface area contributed by atoms with Gasteiger partial charge in [-0.2, -0.15) is 5.10 Å². The topological polar surface area (TPSA) is 89.1 Å². The molecule has 1 saturated heterocycles. The Balaban J connectivity index is 1.42. The van der Waals surface area contributed by atoms with Crippen molar-refractivity contribution in [2.45, 2.75) is 18.9 Å². The van der Waals surface area contributed by atoms with Crippen molar-refractivity contribution in [1.29, 1.82) is 0 Å². The van der Waals surface area contributed by atoms with Crippen LogP contribution in [0.1, 0.15) is 23.4 Å². The van der Waals surface area contributed by atoms with E-state index in [0.717, 1.165) is 29.7 Å². The van der Waals surface area contributed by atoms with Crippen molar-refractivity contribution in [2.75, 3.05) is 18.4 Å². The third kappa shape index (κ3) is 2.60. The minimum Gasteiger partial charge on any atom is -0.459 e. The molecule has 124 valence electrons. The van der Waals surface area contributed by atoms with Crippen LogP contribution in [0.3, 0.4) is 0 Å². The largest absolute Gasteiger partial charge is 0.459 e. The first kappa shape index (κ1) is 14.7. The summed E-state index contributed by atoms with van der Waals surface area (Å²) in [5, 5.41) is 8.60. The third-order valence-electron chi connectivity index (χ3n) is 4.38. The number of nitrogens with one attached hydrogen (secondary N) is 1. The van der Waals surface area contributed by atoms with Crippen LogP contribution in [0.4, 0.5) is 5.82 Å². The van der Waals surface area contributed by atoms with Crippen molar-refractivity contribution in [2.24, 2.45) is 7.05 Å². The van der Waals surface area contributed by atoms with Crippen LogP contribution in [-0.4, -0.2) is 49.7 Å².